The summed E-state index contributed by atoms with van der Waals surface area (Å²) in [6, 6.07) is 12.6. The lowest BCUT2D eigenvalue weighted by molar-refractivity contribution is -0.117. The third-order valence-electron chi connectivity index (χ3n) is 3.98. The minimum Gasteiger partial charge on any atom is -0.494 e. The number of carbonyl (C=O) groups is 1. The van der Waals surface area contributed by atoms with Gasteiger partial charge >= 0.3 is 0 Å². The second kappa shape index (κ2) is 7.95. The Morgan fingerprint density at radius 3 is 2.82 bits per heavy atom. The van der Waals surface area contributed by atoms with Crippen molar-refractivity contribution >= 4 is 11.6 Å². The van der Waals surface area contributed by atoms with Gasteiger partial charge in [-0.05, 0) is 48.0 Å². The molecule has 0 atom stereocenters. The Balaban J connectivity index is 1.37. The van der Waals surface area contributed by atoms with E-state index < -0.39 is 0 Å². The lowest BCUT2D eigenvalue weighted by Gasteiger charge is -2.05. The Kier molecular flexibility index (Phi) is 5.05. The number of nitrogens with zero attached hydrogens (tertiary/aromatic N) is 4. The second-order valence-corrected chi connectivity index (χ2v) is 6.13. The van der Waals surface area contributed by atoms with Crippen molar-refractivity contribution in [2.24, 2.45) is 0 Å². The fourth-order valence-electron chi connectivity index (χ4n) is 2.65. The molecule has 0 radical (unpaired) electrons. The number of hydrogen-bond acceptors (Lipinski definition) is 7. The molecule has 9 nitrogen and oxygen atoms in total. The highest BCUT2D eigenvalue weighted by Gasteiger charge is 2.15. The van der Waals surface area contributed by atoms with Crippen LogP contribution in [0.15, 0.2) is 42.5 Å². The van der Waals surface area contributed by atoms with Crippen molar-refractivity contribution < 1.29 is 19.0 Å². The Hall–Kier alpha value is -3.62. The highest BCUT2D eigenvalue weighted by molar-refractivity contribution is 5.90. The van der Waals surface area contributed by atoms with Crippen molar-refractivity contribution in [1.29, 1.82) is 0 Å². The summed E-state index contributed by atoms with van der Waals surface area (Å²) >= 11 is 0. The lowest BCUT2D eigenvalue weighted by atomic mass is 10.2. The largest absolute Gasteiger partial charge is 0.494 e. The van der Waals surface area contributed by atoms with Crippen molar-refractivity contribution in [1.82, 2.24) is 20.2 Å². The van der Waals surface area contributed by atoms with Crippen LogP contribution in [-0.2, 0) is 11.3 Å². The van der Waals surface area contributed by atoms with E-state index in [9.17, 15) is 4.79 Å². The SMILES string of the molecule is CCCOc1ccc(-c2nnn(CC(=O)Nc3ccc4c(c3)OCO4)n2)cc1. The molecule has 144 valence electrons. The molecular weight excluding hydrogens is 362 g/mol. The number of nitrogens with one attached hydrogen (secondary N) is 1. The van der Waals surface area contributed by atoms with Crippen LogP contribution in [0.4, 0.5) is 5.69 Å². The van der Waals surface area contributed by atoms with Crippen LogP contribution in [0, 0.1) is 0 Å². The maximum absolute atomic E-state index is 12.2. The number of hydrogen-bond donors (Lipinski definition) is 1. The van der Waals surface area contributed by atoms with Crippen molar-refractivity contribution in [2.75, 3.05) is 18.7 Å². The normalized spacial score (nSPS) is 12.0. The van der Waals surface area contributed by atoms with Crippen molar-refractivity contribution in [3.8, 4) is 28.6 Å². The van der Waals surface area contributed by atoms with Gasteiger partial charge in [0.15, 0.2) is 11.5 Å². The van der Waals surface area contributed by atoms with Crippen LogP contribution in [0.3, 0.4) is 0 Å². The van der Waals surface area contributed by atoms with Gasteiger partial charge in [-0.3, -0.25) is 4.79 Å². The molecule has 0 spiro atoms. The molecule has 9 heteroatoms. The van der Waals surface area contributed by atoms with Crippen LogP contribution in [0.2, 0.25) is 0 Å². The summed E-state index contributed by atoms with van der Waals surface area (Å²) in [5, 5.41) is 15.0. The van der Waals surface area contributed by atoms with Gasteiger partial charge in [0.05, 0.1) is 6.61 Å². The van der Waals surface area contributed by atoms with Crippen LogP contribution in [0.5, 0.6) is 17.2 Å². The highest BCUT2D eigenvalue weighted by Crippen LogP contribution is 2.34. The first-order chi connectivity index (χ1) is 13.7. The molecule has 4 rings (SSSR count). The van der Waals surface area contributed by atoms with E-state index in [0.29, 0.717) is 29.6 Å². The Morgan fingerprint density at radius 2 is 2.00 bits per heavy atom. The Morgan fingerprint density at radius 1 is 1.18 bits per heavy atom. The maximum atomic E-state index is 12.2. The Labute approximate surface area is 161 Å². The van der Waals surface area contributed by atoms with E-state index in [0.717, 1.165) is 17.7 Å². The summed E-state index contributed by atoms with van der Waals surface area (Å²) in [6.07, 6.45) is 0.950. The predicted molar refractivity (Wildman–Crippen MR) is 100 cm³/mol. The zero-order valence-electron chi connectivity index (χ0n) is 15.3. The number of carbonyl (C=O) groups excluding carboxylic acids is 1. The van der Waals surface area contributed by atoms with Crippen molar-refractivity contribution in [2.45, 2.75) is 19.9 Å². The number of benzene rings is 2. The van der Waals surface area contributed by atoms with E-state index in [-0.39, 0.29) is 19.2 Å². The molecule has 1 amide bonds. The summed E-state index contributed by atoms with van der Waals surface area (Å²) in [7, 11) is 0. The first-order valence-electron chi connectivity index (χ1n) is 8.92. The summed E-state index contributed by atoms with van der Waals surface area (Å²) in [4.78, 5) is 13.5. The van der Waals surface area contributed by atoms with Gasteiger partial charge in [0, 0.05) is 17.3 Å². The number of aromatic nitrogens is 4. The first-order valence-corrected chi connectivity index (χ1v) is 8.92. The number of fused-ring (bicyclic) bond motifs is 1. The number of ether oxygens (including phenoxy) is 3. The van der Waals surface area contributed by atoms with Crippen LogP contribution < -0.4 is 19.5 Å². The van der Waals surface area contributed by atoms with Gasteiger partial charge in [0.2, 0.25) is 18.5 Å². The average molecular weight is 381 g/mol. The number of tetrazole rings is 1. The molecule has 0 aliphatic carbocycles. The summed E-state index contributed by atoms with van der Waals surface area (Å²) in [5.41, 5.74) is 1.41. The number of anilines is 1. The zero-order chi connectivity index (χ0) is 19.3. The molecule has 2 heterocycles. The van der Waals surface area contributed by atoms with Gasteiger partial charge < -0.3 is 19.5 Å². The third kappa shape index (κ3) is 4.03. The quantitative estimate of drug-likeness (QED) is 0.671. The van der Waals surface area contributed by atoms with E-state index in [1.807, 2.05) is 24.3 Å². The maximum Gasteiger partial charge on any atom is 0.248 e. The topological polar surface area (TPSA) is 100 Å². The molecule has 1 aromatic heterocycles. The van der Waals surface area contributed by atoms with E-state index in [1.54, 1.807) is 18.2 Å². The van der Waals surface area contributed by atoms with Gasteiger partial charge in [-0.15, -0.1) is 10.2 Å². The molecule has 28 heavy (non-hydrogen) atoms. The smallest absolute Gasteiger partial charge is 0.248 e. The van der Waals surface area contributed by atoms with Crippen LogP contribution >= 0.6 is 0 Å². The predicted octanol–water partition coefficient (Wildman–Crippen LogP) is 2.50. The fourth-order valence-corrected chi connectivity index (χ4v) is 2.65. The molecule has 0 unspecified atom stereocenters. The first kappa shape index (κ1) is 17.8. The summed E-state index contributed by atoms with van der Waals surface area (Å²) in [6.45, 7) is 2.86. The molecule has 1 aliphatic heterocycles. The van der Waals surface area contributed by atoms with Gasteiger partial charge in [-0.25, -0.2) is 0 Å². The third-order valence-corrected chi connectivity index (χ3v) is 3.98. The monoisotopic (exact) mass is 381 g/mol. The average Bonchev–Trinajstić information content (AvgIpc) is 3.35. The van der Waals surface area contributed by atoms with Crippen LogP contribution in [0.1, 0.15) is 13.3 Å². The van der Waals surface area contributed by atoms with Crippen molar-refractivity contribution in [3.63, 3.8) is 0 Å². The molecule has 2 aromatic carbocycles. The zero-order valence-corrected chi connectivity index (χ0v) is 15.3. The van der Waals surface area contributed by atoms with Gasteiger partial charge in [0.25, 0.3) is 0 Å². The molecule has 0 saturated heterocycles. The Bertz CT molecular complexity index is 971. The lowest BCUT2D eigenvalue weighted by Crippen LogP contribution is -2.20. The number of amides is 1. The fraction of sp³-hybridized carbons (Fsp3) is 0.263. The molecule has 1 N–H and O–H groups in total. The van der Waals surface area contributed by atoms with Gasteiger partial charge in [-0.1, -0.05) is 6.92 Å². The van der Waals surface area contributed by atoms with Crippen LogP contribution in [0.25, 0.3) is 11.4 Å². The number of rotatable bonds is 7. The van der Waals surface area contributed by atoms with Gasteiger partial charge in [0.1, 0.15) is 12.3 Å². The standard InChI is InChI=1S/C19H19N5O4/c1-2-9-26-15-6-3-13(4-7-15)19-21-23-24(22-19)11-18(25)20-14-5-8-16-17(10-14)28-12-27-16/h3-8,10H,2,9,11-12H2,1H3,(H,20,25). The molecule has 0 fully saturated rings. The minimum absolute atomic E-state index is 0.0564. The summed E-state index contributed by atoms with van der Waals surface area (Å²) < 4.78 is 16.1. The molecule has 0 saturated carbocycles. The molecule has 0 bridgehead atoms. The van der Waals surface area contributed by atoms with E-state index in [1.165, 1.54) is 4.80 Å². The minimum atomic E-state index is -0.272. The molecular formula is C19H19N5O4. The van der Waals surface area contributed by atoms with Crippen LogP contribution in [-0.4, -0.2) is 39.5 Å². The van der Waals surface area contributed by atoms with E-state index >= 15 is 0 Å². The molecule has 1 aliphatic rings. The summed E-state index contributed by atoms with van der Waals surface area (Å²) in [5.74, 6) is 2.22. The van der Waals surface area contributed by atoms with E-state index in [2.05, 4.69) is 27.7 Å². The van der Waals surface area contributed by atoms with Gasteiger partial charge in [-0.2, -0.15) is 4.80 Å². The second-order valence-electron chi connectivity index (χ2n) is 6.13. The van der Waals surface area contributed by atoms with E-state index in [4.69, 9.17) is 14.2 Å². The van der Waals surface area contributed by atoms with Crippen molar-refractivity contribution in [3.05, 3.63) is 42.5 Å². The molecule has 3 aromatic rings. The highest BCUT2D eigenvalue weighted by atomic mass is 16.7.